The number of aromatic nitrogens is 2. The van der Waals surface area contributed by atoms with Gasteiger partial charge in [0, 0.05) is 0 Å². The zero-order valence-corrected chi connectivity index (χ0v) is 9.56. The molecule has 0 spiro atoms. The zero-order valence-electron chi connectivity index (χ0n) is 9.56. The molecule has 0 aromatic carbocycles. The summed E-state index contributed by atoms with van der Waals surface area (Å²) >= 11 is 0. The molecule has 1 aromatic heterocycles. The van der Waals surface area contributed by atoms with Crippen molar-refractivity contribution in [3.8, 4) is 0 Å². The molecule has 0 aliphatic heterocycles. The van der Waals surface area contributed by atoms with E-state index in [1.54, 1.807) is 13.8 Å². The largest absolute Gasteiger partial charge is 0.437 e. The van der Waals surface area contributed by atoms with Gasteiger partial charge in [0.25, 0.3) is 0 Å². The zero-order chi connectivity index (χ0) is 12.9. The molecule has 0 aliphatic rings. The van der Waals surface area contributed by atoms with Crippen LogP contribution in [0, 0.1) is 5.95 Å². The minimum Gasteiger partial charge on any atom is -0.242 e. The second kappa shape index (κ2) is 5.77. The quantitative estimate of drug-likeness (QED) is 0.696. The van der Waals surface area contributed by atoms with E-state index >= 15 is 0 Å². The number of rotatable bonds is 1. The molecule has 6 heteroatoms. The van der Waals surface area contributed by atoms with Crippen molar-refractivity contribution in [1.29, 1.82) is 0 Å². The summed E-state index contributed by atoms with van der Waals surface area (Å²) in [7, 11) is 0. The van der Waals surface area contributed by atoms with Crippen LogP contribution in [0.15, 0.2) is 6.20 Å². The summed E-state index contributed by atoms with van der Waals surface area (Å²) in [6.45, 7) is 7.31. The van der Waals surface area contributed by atoms with E-state index in [1.807, 2.05) is 13.8 Å². The fourth-order valence-electron chi connectivity index (χ4n) is 0.847. The lowest BCUT2D eigenvalue weighted by Crippen LogP contribution is -2.14. The average Bonchev–Trinajstić information content (AvgIpc) is 2.19. The van der Waals surface area contributed by atoms with E-state index in [-0.39, 0.29) is 11.6 Å². The Hall–Kier alpha value is -1.20. The Morgan fingerprint density at radius 1 is 1.19 bits per heavy atom. The highest BCUT2D eigenvalue weighted by atomic mass is 19.4. The Morgan fingerprint density at radius 3 is 2.06 bits per heavy atom. The molecule has 1 heterocycles. The molecule has 0 unspecified atom stereocenters. The molecule has 0 N–H and O–H groups in total. The van der Waals surface area contributed by atoms with Gasteiger partial charge in [0.05, 0.1) is 11.9 Å². The molecule has 2 nitrogen and oxygen atoms in total. The average molecular weight is 238 g/mol. The summed E-state index contributed by atoms with van der Waals surface area (Å²) in [6.07, 6.45) is -3.78. The minimum absolute atomic E-state index is 0.124. The van der Waals surface area contributed by atoms with Gasteiger partial charge in [-0.3, -0.25) is 0 Å². The van der Waals surface area contributed by atoms with Crippen LogP contribution in [0.5, 0.6) is 0 Å². The molecular formula is C10H14F4N2. The summed E-state index contributed by atoms with van der Waals surface area (Å²) in [5.74, 6) is -1.80. The third-order valence-electron chi connectivity index (χ3n) is 1.61. The topological polar surface area (TPSA) is 25.8 Å². The van der Waals surface area contributed by atoms with Gasteiger partial charge in [0.1, 0.15) is 0 Å². The predicted octanol–water partition coefficient (Wildman–Crippen LogP) is 3.78. The molecule has 92 valence electrons. The summed E-state index contributed by atoms with van der Waals surface area (Å²) < 4.78 is 49.1. The van der Waals surface area contributed by atoms with Crippen LogP contribution in [0.3, 0.4) is 0 Å². The van der Waals surface area contributed by atoms with E-state index in [1.165, 1.54) is 0 Å². The number of halogens is 4. The Balaban J connectivity index is 0.00000106. The highest BCUT2D eigenvalue weighted by Gasteiger charge is 2.37. The van der Waals surface area contributed by atoms with E-state index in [0.717, 1.165) is 6.20 Å². The van der Waals surface area contributed by atoms with Crippen LogP contribution in [0.1, 0.15) is 45.0 Å². The van der Waals surface area contributed by atoms with Gasteiger partial charge in [0.15, 0.2) is 5.69 Å². The molecular weight excluding hydrogens is 224 g/mol. The van der Waals surface area contributed by atoms with Crippen molar-refractivity contribution in [3.05, 3.63) is 23.5 Å². The molecule has 0 radical (unpaired) electrons. The fraction of sp³-hybridized carbons (Fsp3) is 0.600. The smallest absolute Gasteiger partial charge is 0.242 e. The SMILES string of the molecule is CC.CC(C)c1cnc(F)c(C(F)(F)F)n1. The van der Waals surface area contributed by atoms with Crippen molar-refractivity contribution in [1.82, 2.24) is 9.97 Å². The van der Waals surface area contributed by atoms with Crippen LogP contribution >= 0.6 is 0 Å². The van der Waals surface area contributed by atoms with Crippen LogP contribution in [-0.2, 0) is 6.18 Å². The van der Waals surface area contributed by atoms with Crippen molar-refractivity contribution in [2.45, 2.75) is 39.8 Å². The first-order chi connectivity index (χ1) is 7.32. The van der Waals surface area contributed by atoms with Crippen molar-refractivity contribution in [2.75, 3.05) is 0 Å². The molecule has 1 aromatic rings. The normalized spacial score (nSPS) is 11.1. The van der Waals surface area contributed by atoms with Crippen LogP contribution in [0.25, 0.3) is 0 Å². The van der Waals surface area contributed by atoms with Gasteiger partial charge in [-0.25, -0.2) is 9.97 Å². The van der Waals surface area contributed by atoms with E-state index < -0.39 is 17.8 Å². The van der Waals surface area contributed by atoms with Crippen molar-refractivity contribution >= 4 is 0 Å². The summed E-state index contributed by atoms with van der Waals surface area (Å²) in [5, 5.41) is 0. The van der Waals surface area contributed by atoms with Crippen LogP contribution in [-0.4, -0.2) is 9.97 Å². The van der Waals surface area contributed by atoms with Crippen molar-refractivity contribution < 1.29 is 17.6 Å². The lowest BCUT2D eigenvalue weighted by molar-refractivity contribution is -0.144. The molecule has 0 aliphatic carbocycles. The van der Waals surface area contributed by atoms with Crippen molar-refractivity contribution in [3.63, 3.8) is 0 Å². The summed E-state index contributed by atoms with van der Waals surface area (Å²) in [6, 6.07) is 0. The van der Waals surface area contributed by atoms with Gasteiger partial charge in [0.2, 0.25) is 5.95 Å². The van der Waals surface area contributed by atoms with E-state index in [9.17, 15) is 17.6 Å². The van der Waals surface area contributed by atoms with Gasteiger partial charge >= 0.3 is 6.18 Å². The minimum atomic E-state index is -4.79. The van der Waals surface area contributed by atoms with Crippen LogP contribution < -0.4 is 0 Å². The second-order valence-electron chi connectivity index (χ2n) is 3.09. The van der Waals surface area contributed by atoms with Gasteiger partial charge in [-0.05, 0) is 5.92 Å². The Bertz CT molecular complexity index is 334. The monoisotopic (exact) mass is 238 g/mol. The number of hydrogen-bond acceptors (Lipinski definition) is 2. The number of nitrogens with zero attached hydrogens (tertiary/aromatic N) is 2. The first-order valence-electron chi connectivity index (χ1n) is 4.92. The third-order valence-corrected chi connectivity index (χ3v) is 1.61. The van der Waals surface area contributed by atoms with Gasteiger partial charge in [-0.2, -0.15) is 17.6 Å². The van der Waals surface area contributed by atoms with Crippen LogP contribution in [0.4, 0.5) is 17.6 Å². The summed E-state index contributed by atoms with van der Waals surface area (Å²) in [4.78, 5) is 6.20. The molecule has 0 fully saturated rings. The Morgan fingerprint density at radius 2 is 1.69 bits per heavy atom. The van der Waals surface area contributed by atoms with E-state index in [2.05, 4.69) is 9.97 Å². The molecule has 0 bridgehead atoms. The molecule has 1 rings (SSSR count). The van der Waals surface area contributed by atoms with Gasteiger partial charge in [-0.1, -0.05) is 27.7 Å². The third kappa shape index (κ3) is 3.75. The highest BCUT2D eigenvalue weighted by Crippen LogP contribution is 2.29. The lowest BCUT2D eigenvalue weighted by Gasteiger charge is -2.09. The standard InChI is InChI=1S/C8H8F4N2.C2H6/c1-4(2)5-3-13-7(9)6(14-5)8(10,11)12;1-2/h3-4H,1-2H3;1-2H3. The number of alkyl halides is 3. The second-order valence-corrected chi connectivity index (χ2v) is 3.09. The van der Waals surface area contributed by atoms with E-state index in [0.29, 0.717) is 0 Å². The van der Waals surface area contributed by atoms with Gasteiger partial charge in [-0.15, -0.1) is 0 Å². The molecule has 0 saturated carbocycles. The summed E-state index contributed by atoms with van der Waals surface area (Å²) in [5.41, 5.74) is -1.43. The predicted molar refractivity (Wildman–Crippen MR) is 52.4 cm³/mol. The molecule has 0 atom stereocenters. The van der Waals surface area contributed by atoms with E-state index in [4.69, 9.17) is 0 Å². The maximum Gasteiger partial charge on any atom is 0.437 e. The first kappa shape index (κ1) is 14.8. The lowest BCUT2D eigenvalue weighted by atomic mass is 10.1. The fourth-order valence-corrected chi connectivity index (χ4v) is 0.847. The Labute approximate surface area is 91.7 Å². The van der Waals surface area contributed by atoms with Gasteiger partial charge < -0.3 is 0 Å². The molecule has 0 saturated heterocycles. The highest BCUT2D eigenvalue weighted by molar-refractivity contribution is 5.10. The number of hydrogen-bond donors (Lipinski definition) is 0. The van der Waals surface area contributed by atoms with Crippen molar-refractivity contribution in [2.24, 2.45) is 0 Å². The maximum absolute atomic E-state index is 12.6. The van der Waals surface area contributed by atoms with Crippen LogP contribution in [0.2, 0.25) is 0 Å². The first-order valence-corrected chi connectivity index (χ1v) is 4.92. The molecule has 0 amide bonds. The Kier molecular flexibility index (Phi) is 5.33. The molecule has 16 heavy (non-hydrogen) atoms. The maximum atomic E-state index is 12.6.